The van der Waals surface area contributed by atoms with Gasteiger partial charge < -0.3 is 19.3 Å². The lowest BCUT2D eigenvalue weighted by Crippen LogP contribution is -1.96. The molecule has 1 N–H and O–H groups in total. The van der Waals surface area contributed by atoms with E-state index in [0.29, 0.717) is 22.8 Å². The zero-order valence-corrected chi connectivity index (χ0v) is 12.0. The average molecular weight is 287 g/mol. The second-order valence-electron chi connectivity index (χ2n) is 4.19. The van der Waals surface area contributed by atoms with Crippen LogP contribution >= 0.6 is 0 Å². The molecule has 2 rings (SSSR count). The Labute approximate surface area is 122 Å². The van der Waals surface area contributed by atoms with Gasteiger partial charge in [0.05, 0.1) is 21.3 Å². The van der Waals surface area contributed by atoms with Crippen LogP contribution in [0.2, 0.25) is 0 Å². The van der Waals surface area contributed by atoms with E-state index in [9.17, 15) is 5.11 Å². The van der Waals surface area contributed by atoms with Crippen LogP contribution in [0.15, 0.2) is 30.3 Å². The van der Waals surface area contributed by atoms with Crippen LogP contribution in [0, 0.1) is 5.39 Å². The average Bonchev–Trinajstić information content (AvgIpc) is 2.53. The Kier molecular flexibility index (Phi) is 4.14. The fourth-order valence-corrected chi connectivity index (χ4v) is 2.10. The molecule has 0 saturated carbocycles. The standard InChI is InChI=1S/C15H14N2O4/c1-19-13-7-5-10(14(20-2)15(13)21-3)9-4-6-12(18)11(8-9)17-16/h4-8H,1-3H3/p+1. The fourth-order valence-electron chi connectivity index (χ4n) is 2.10. The number of rotatable bonds is 4. The van der Waals surface area contributed by atoms with E-state index in [1.807, 2.05) is 0 Å². The van der Waals surface area contributed by atoms with E-state index >= 15 is 0 Å². The number of phenols is 1. The molecular weight excluding hydrogens is 272 g/mol. The predicted octanol–water partition coefficient (Wildman–Crippen LogP) is 3.57. The predicted molar refractivity (Wildman–Crippen MR) is 77.9 cm³/mol. The minimum absolute atomic E-state index is 0.0735. The molecule has 0 atom stereocenters. The zero-order chi connectivity index (χ0) is 15.4. The monoisotopic (exact) mass is 287 g/mol. The smallest absolute Gasteiger partial charge is 0.426 e. The van der Waals surface area contributed by atoms with Gasteiger partial charge in [0, 0.05) is 11.6 Å². The van der Waals surface area contributed by atoms with E-state index in [4.69, 9.17) is 19.6 Å². The first-order chi connectivity index (χ1) is 10.2. The maximum atomic E-state index is 9.56. The van der Waals surface area contributed by atoms with Crippen LogP contribution in [0.1, 0.15) is 0 Å². The molecule has 6 heteroatoms. The summed E-state index contributed by atoms with van der Waals surface area (Å²) >= 11 is 0. The molecule has 21 heavy (non-hydrogen) atoms. The van der Waals surface area contributed by atoms with Crippen molar-refractivity contribution in [2.45, 2.75) is 0 Å². The van der Waals surface area contributed by atoms with E-state index in [2.05, 4.69) is 4.98 Å². The van der Waals surface area contributed by atoms with Crippen LogP contribution in [-0.2, 0) is 0 Å². The summed E-state index contributed by atoms with van der Waals surface area (Å²) in [6.45, 7) is 0. The van der Waals surface area contributed by atoms with E-state index in [-0.39, 0.29) is 11.4 Å². The van der Waals surface area contributed by atoms with Crippen molar-refractivity contribution >= 4 is 5.69 Å². The molecule has 0 amide bonds. The van der Waals surface area contributed by atoms with Gasteiger partial charge in [-0.15, -0.1) is 0 Å². The number of diazo groups is 1. The van der Waals surface area contributed by atoms with Gasteiger partial charge in [-0.3, -0.25) is 0 Å². The summed E-state index contributed by atoms with van der Waals surface area (Å²) in [4.78, 5) is 3.04. The molecule has 0 fully saturated rings. The Bertz CT molecular complexity index is 708. The largest absolute Gasteiger partial charge is 0.501 e. The number of benzene rings is 2. The lowest BCUT2D eigenvalue weighted by Gasteiger charge is -2.15. The van der Waals surface area contributed by atoms with Crippen LogP contribution in [0.3, 0.4) is 0 Å². The van der Waals surface area contributed by atoms with Crippen molar-refractivity contribution in [2.75, 3.05) is 21.3 Å². The Hall–Kier alpha value is -2.94. The van der Waals surface area contributed by atoms with Gasteiger partial charge in [0.2, 0.25) is 16.9 Å². The Balaban J connectivity index is 2.67. The van der Waals surface area contributed by atoms with Crippen LogP contribution in [0.5, 0.6) is 23.0 Å². The highest BCUT2D eigenvalue weighted by molar-refractivity contribution is 5.79. The van der Waals surface area contributed by atoms with E-state index in [1.54, 1.807) is 31.4 Å². The summed E-state index contributed by atoms with van der Waals surface area (Å²) in [5, 5.41) is 18.4. The Morgan fingerprint density at radius 2 is 1.67 bits per heavy atom. The van der Waals surface area contributed by atoms with Crippen LogP contribution in [0.25, 0.3) is 16.1 Å². The third-order valence-electron chi connectivity index (χ3n) is 3.10. The topological polar surface area (TPSA) is 76.1 Å². The first-order valence-electron chi connectivity index (χ1n) is 6.13. The number of hydrogen-bond donors (Lipinski definition) is 1. The van der Waals surface area contributed by atoms with Crippen molar-refractivity contribution < 1.29 is 19.3 Å². The number of aromatic hydroxyl groups is 1. The number of nitrogens with zero attached hydrogens (tertiary/aromatic N) is 2. The molecule has 108 valence electrons. The molecule has 0 heterocycles. The number of methoxy groups -OCH3 is 3. The second-order valence-corrected chi connectivity index (χ2v) is 4.19. The van der Waals surface area contributed by atoms with Crippen LogP contribution < -0.4 is 14.2 Å². The first-order valence-corrected chi connectivity index (χ1v) is 6.13. The van der Waals surface area contributed by atoms with E-state index < -0.39 is 0 Å². The van der Waals surface area contributed by atoms with Gasteiger partial charge in [0.1, 0.15) is 0 Å². The fraction of sp³-hybridized carbons (Fsp3) is 0.200. The third-order valence-corrected chi connectivity index (χ3v) is 3.10. The van der Waals surface area contributed by atoms with Crippen molar-refractivity contribution in [2.24, 2.45) is 0 Å². The van der Waals surface area contributed by atoms with Crippen molar-refractivity contribution in [3.05, 3.63) is 35.3 Å². The molecule has 0 aliphatic rings. The number of hydrogen-bond acceptors (Lipinski definition) is 5. The van der Waals surface area contributed by atoms with Crippen molar-refractivity contribution in [3.8, 4) is 34.1 Å². The van der Waals surface area contributed by atoms with Crippen molar-refractivity contribution in [3.63, 3.8) is 0 Å². The quantitative estimate of drug-likeness (QED) is 0.870. The molecule has 0 radical (unpaired) electrons. The summed E-state index contributed by atoms with van der Waals surface area (Å²) in [6.07, 6.45) is 0. The van der Waals surface area contributed by atoms with Gasteiger partial charge in [0.25, 0.3) is 0 Å². The lowest BCUT2D eigenvalue weighted by molar-refractivity contribution is 0.325. The van der Waals surface area contributed by atoms with Gasteiger partial charge in [-0.2, -0.15) is 0 Å². The minimum Gasteiger partial charge on any atom is -0.501 e. The number of ether oxygens (including phenoxy) is 3. The third kappa shape index (κ3) is 2.54. The molecule has 0 aliphatic carbocycles. The summed E-state index contributed by atoms with van der Waals surface area (Å²) in [5.41, 5.74) is 1.50. The van der Waals surface area contributed by atoms with Gasteiger partial charge in [-0.25, -0.2) is 0 Å². The highest BCUT2D eigenvalue weighted by atomic mass is 16.5. The maximum Gasteiger partial charge on any atom is 0.426 e. The minimum atomic E-state index is -0.110. The molecule has 0 saturated heterocycles. The molecule has 0 bridgehead atoms. The second kappa shape index (κ2) is 6.01. The Morgan fingerprint density at radius 1 is 0.952 bits per heavy atom. The molecule has 0 aliphatic heterocycles. The molecule has 2 aromatic carbocycles. The molecule has 0 aromatic heterocycles. The highest BCUT2D eigenvalue weighted by Gasteiger charge is 2.20. The van der Waals surface area contributed by atoms with Crippen LogP contribution in [0.4, 0.5) is 5.69 Å². The summed E-state index contributed by atoms with van der Waals surface area (Å²) in [6, 6.07) is 8.22. The first kappa shape index (κ1) is 14.5. The van der Waals surface area contributed by atoms with Gasteiger partial charge >= 0.3 is 5.69 Å². The van der Waals surface area contributed by atoms with Crippen LogP contribution in [-0.4, -0.2) is 26.4 Å². The van der Waals surface area contributed by atoms with Crippen molar-refractivity contribution in [1.82, 2.24) is 0 Å². The lowest BCUT2D eigenvalue weighted by atomic mass is 10.0. The van der Waals surface area contributed by atoms with Gasteiger partial charge in [-0.05, 0) is 29.8 Å². The molecule has 0 spiro atoms. The van der Waals surface area contributed by atoms with E-state index in [1.165, 1.54) is 20.3 Å². The van der Waals surface area contributed by atoms with Gasteiger partial charge in [0.15, 0.2) is 16.5 Å². The SMILES string of the molecule is COc1ccc(-c2ccc(O)c([N+]#N)c2)c(OC)c1OC. The summed E-state index contributed by atoms with van der Waals surface area (Å²) < 4.78 is 16.0. The molecule has 2 aromatic rings. The Morgan fingerprint density at radius 3 is 2.24 bits per heavy atom. The van der Waals surface area contributed by atoms with Gasteiger partial charge in [-0.1, -0.05) is 0 Å². The van der Waals surface area contributed by atoms with Crippen molar-refractivity contribution in [1.29, 1.82) is 5.39 Å². The number of phenolic OH excluding ortho intramolecular Hbond substituents is 1. The maximum absolute atomic E-state index is 9.56. The molecular formula is C15H15N2O4+. The normalized spacial score (nSPS) is 9.81. The molecule has 0 unspecified atom stereocenters. The van der Waals surface area contributed by atoms with E-state index in [0.717, 1.165) is 5.56 Å². The molecule has 6 nitrogen and oxygen atoms in total. The summed E-state index contributed by atoms with van der Waals surface area (Å²) in [7, 11) is 4.59. The highest BCUT2D eigenvalue weighted by Crippen LogP contribution is 2.45. The summed E-state index contributed by atoms with van der Waals surface area (Å²) in [5.74, 6) is 1.39. The zero-order valence-electron chi connectivity index (χ0n) is 12.0.